The van der Waals surface area contributed by atoms with Crippen LogP contribution in [0.2, 0.25) is 5.02 Å². The summed E-state index contributed by atoms with van der Waals surface area (Å²) in [6.45, 7) is 0. The fourth-order valence-electron chi connectivity index (χ4n) is 2.45. The highest BCUT2D eigenvalue weighted by Gasteiger charge is 2.11. The molecular formula is C20H12ClFN2O. The van der Waals surface area contributed by atoms with Crippen LogP contribution in [-0.2, 0) is 4.79 Å². The van der Waals surface area contributed by atoms with Crippen LogP contribution >= 0.6 is 11.6 Å². The van der Waals surface area contributed by atoms with Crippen molar-refractivity contribution in [1.29, 1.82) is 5.26 Å². The smallest absolute Gasteiger partial charge is 0.266 e. The molecule has 3 nitrogen and oxygen atoms in total. The van der Waals surface area contributed by atoms with Gasteiger partial charge in [0.05, 0.1) is 5.02 Å². The molecule has 0 aromatic heterocycles. The van der Waals surface area contributed by atoms with Gasteiger partial charge >= 0.3 is 0 Å². The number of nitriles is 1. The molecule has 0 atom stereocenters. The molecule has 0 saturated carbocycles. The molecule has 3 rings (SSSR count). The Morgan fingerprint density at radius 2 is 1.88 bits per heavy atom. The van der Waals surface area contributed by atoms with Crippen molar-refractivity contribution in [1.82, 2.24) is 0 Å². The summed E-state index contributed by atoms with van der Waals surface area (Å²) in [5, 5.41) is 13.7. The van der Waals surface area contributed by atoms with Crippen molar-refractivity contribution < 1.29 is 9.18 Å². The van der Waals surface area contributed by atoms with Crippen molar-refractivity contribution >= 4 is 40.0 Å². The second-order valence-corrected chi connectivity index (χ2v) is 5.73. The second kappa shape index (κ2) is 7.16. The van der Waals surface area contributed by atoms with E-state index in [4.69, 9.17) is 11.6 Å². The lowest BCUT2D eigenvalue weighted by molar-refractivity contribution is -0.112. The summed E-state index contributed by atoms with van der Waals surface area (Å²) in [4.78, 5) is 12.3. The van der Waals surface area contributed by atoms with E-state index in [2.05, 4.69) is 5.32 Å². The molecule has 0 radical (unpaired) electrons. The Kier molecular flexibility index (Phi) is 4.78. The maximum Gasteiger partial charge on any atom is 0.266 e. The molecule has 5 heteroatoms. The molecule has 0 bridgehead atoms. The number of nitrogens with zero attached hydrogens (tertiary/aromatic N) is 1. The first kappa shape index (κ1) is 16.7. The molecular weight excluding hydrogens is 339 g/mol. The maximum atomic E-state index is 13.2. The highest BCUT2D eigenvalue weighted by atomic mass is 35.5. The number of hydrogen-bond acceptors (Lipinski definition) is 2. The first-order chi connectivity index (χ1) is 12.1. The van der Waals surface area contributed by atoms with Gasteiger partial charge in [-0.05, 0) is 40.6 Å². The number of benzene rings is 3. The van der Waals surface area contributed by atoms with Crippen LogP contribution in [0, 0.1) is 17.1 Å². The number of amides is 1. The Balaban J connectivity index is 1.93. The highest BCUT2D eigenvalue weighted by molar-refractivity contribution is 6.31. The van der Waals surface area contributed by atoms with Gasteiger partial charge in [-0.1, -0.05) is 54.1 Å². The van der Waals surface area contributed by atoms with Crippen LogP contribution in [0.5, 0.6) is 0 Å². The molecule has 3 aromatic rings. The van der Waals surface area contributed by atoms with Crippen LogP contribution < -0.4 is 5.32 Å². The Morgan fingerprint density at radius 1 is 1.12 bits per heavy atom. The third kappa shape index (κ3) is 3.68. The number of halogens is 2. The first-order valence-electron chi connectivity index (χ1n) is 7.44. The Labute approximate surface area is 149 Å². The minimum absolute atomic E-state index is 0.0585. The minimum atomic E-state index is -0.585. The number of nitrogens with one attached hydrogen (secondary N) is 1. The summed E-state index contributed by atoms with van der Waals surface area (Å²) in [5.41, 5.74) is 1.02. The number of anilines is 1. The molecule has 0 saturated heterocycles. The number of carbonyl (C=O) groups excluding carboxylic acids is 1. The topological polar surface area (TPSA) is 52.9 Å². The Bertz CT molecular complexity index is 1030. The van der Waals surface area contributed by atoms with Crippen LogP contribution in [0.1, 0.15) is 5.56 Å². The van der Waals surface area contributed by atoms with Crippen molar-refractivity contribution in [2.45, 2.75) is 0 Å². The van der Waals surface area contributed by atoms with Gasteiger partial charge in [-0.15, -0.1) is 0 Å². The summed E-state index contributed by atoms with van der Waals surface area (Å²) in [5.74, 6) is -1.16. The molecule has 0 aliphatic heterocycles. The molecule has 0 heterocycles. The zero-order chi connectivity index (χ0) is 17.8. The van der Waals surface area contributed by atoms with Crippen LogP contribution in [0.3, 0.4) is 0 Å². The van der Waals surface area contributed by atoms with E-state index in [1.807, 2.05) is 48.5 Å². The first-order valence-corrected chi connectivity index (χ1v) is 7.82. The number of fused-ring (bicyclic) bond motifs is 1. The predicted octanol–water partition coefficient (Wildman–Crippen LogP) is 5.18. The van der Waals surface area contributed by atoms with E-state index < -0.39 is 11.7 Å². The van der Waals surface area contributed by atoms with Crippen LogP contribution in [0.25, 0.3) is 16.8 Å². The maximum absolute atomic E-state index is 13.2. The van der Waals surface area contributed by atoms with Crippen molar-refractivity contribution in [3.05, 3.63) is 82.6 Å². The third-order valence-corrected chi connectivity index (χ3v) is 3.96. The van der Waals surface area contributed by atoms with E-state index in [-0.39, 0.29) is 10.6 Å². The van der Waals surface area contributed by atoms with E-state index in [9.17, 15) is 14.4 Å². The number of carbonyl (C=O) groups is 1. The highest BCUT2D eigenvalue weighted by Crippen LogP contribution is 2.22. The van der Waals surface area contributed by atoms with E-state index in [1.54, 1.807) is 0 Å². The van der Waals surface area contributed by atoms with Crippen molar-refractivity contribution in [2.24, 2.45) is 0 Å². The van der Waals surface area contributed by atoms with Crippen LogP contribution in [-0.4, -0.2) is 5.91 Å². The van der Waals surface area contributed by atoms with Crippen LogP contribution in [0.15, 0.2) is 66.2 Å². The van der Waals surface area contributed by atoms with E-state index in [0.717, 1.165) is 22.4 Å². The van der Waals surface area contributed by atoms with E-state index in [0.29, 0.717) is 5.69 Å². The van der Waals surface area contributed by atoms with Gasteiger partial charge in [0.1, 0.15) is 17.5 Å². The molecule has 122 valence electrons. The molecule has 0 aliphatic rings. The van der Waals surface area contributed by atoms with Crippen molar-refractivity contribution in [3.63, 3.8) is 0 Å². The standard InChI is InChI=1S/C20H12ClFN2O/c21-18-11-16(8-9-19(18)22)24-20(25)15(12-23)10-14-6-3-5-13-4-1-2-7-17(13)14/h1-11H,(H,24,25)/b15-10-. The molecule has 0 fully saturated rings. The zero-order valence-corrected chi connectivity index (χ0v) is 13.7. The Morgan fingerprint density at radius 3 is 2.64 bits per heavy atom. The number of rotatable bonds is 3. The van der Waals surface area contributed by atoms with Crippen molar-refractivity contribution in [3.8, 4) is 6.07 Å². The average Bonchev–Trinajstić information content (AvgIpc) is 2.62. The van der Waals surface area contributed by atoms with Gasteiger partial charge in [0.25, 0.3) is 5.91 Å². The lowest BCUT2D eigenvalue weighted by Gasteiger charge is -2.06. The van der Waals surface area contributed by atoms with E-state index >= 15 is 0 Å². The zero-order valence-electron chi connectivity index (χ0n) is 13.0. The SMILES string of the molecule is N#C/C(=C/c1cccc2ccccc12)C(=O)Nc1ccc(F)c(Cl)c1. The van der Waals surface area contributed by atoms with Gasteiger partial charge < -0.3 is 5.32 Å². The summed E-state index contributed by atoms with van der Waals surface area (Å²) < 4.78 is 13.2. The average molecular weight is 351 g/mol. The molecule has 3 aromatic carbocycles. The van der Waals surface area contributed by atoms with Gasteiger partial charge in [0, 0.05) is 5.69 Å². The van der Waals surface area contributed by atoms with Gasteiger partial charge in [-0.25, -0.2) is 4.39 Å². The fourth-order valence-corrected chi connectivity index (χ4v) is 2.63. The van der Waals surface area contributed by atoms with Crippen LogP contribution in [0.4, 0.5) is 10.1 Å². The van der Waals surface area contributed by atoms with Gasteiger partial charge in [-0.2, -0.15) is 5.26 Å². The summed E-state index contributed by atoms with van der Waals surface area (Å²) >= 11 is 5.70. The molecule has 1 amide bonds. The summed E-state index contributed by atoms with van der Waals surface area (Å²) in [6, 6.07) is 19.1. The number of hydrogen-bond donors (Lipinski definition) is 1. The molecule has 0 aliphatic carbocycles. The van der Waals surface area contributed by atoms with Gasteiger partial charge in [-0.3, -0.25) is 4.79 Å². The van der Waals surface area contributed by atoms with Gasteiger partial charge in [0.2, 0.25) is 0 Å². The molecule has 0 unspecified atom stereocenters. The largest absolute Gasteiger partial charge is 0.321 e. The predicted molar refractivity (Wildman–Crippen MR) is 97.6 cm³/mol. The van der Waals surface area contributed by atoms with Gasteiger partial charge in [0.15, 0.2) is 0 Å². The fraction of sp³-hybridized carbons (Fsp3) is 0. The third-order valence-electron chi connectivity index (χ3n) is 3.67. The Hall–Kier alpha value is -3.16. The summed E-state index contributed by atoms with van der Waals surface area (Å²) in [6.07, 6.45) is 1.53. The minimum Gasteiger partial charge on any atom is -0.321 e. The quantitative estimate of drug-likeness (QED) is 0.522. The molecule has 0 spiro atoms. The lowest BCUT2D eigenvalue weighted by atomic mass is 10.0. The molecule has 1 N–H and O–H groups in total. The summed E-state index contributed by atoms with van der Waals surface area (Å²) in [7, 11) is 0. The van der Waals surface area contributed by atoms with E-state index in [1.165, 1.54) is 18.2 Å². The normalized spacial score (nSPS) is 11.2. The lowest BCUT2D eigenvalue weighted by Crippen LogP contribution is -2.13. The monoisotopic (exact) mass is 350 g/mol. The van der Waals surface area contributed by atoms with Crippen molar-refractivity contribution in [2.75, 3.05) is 5.32 Å². The second-order valence-electron chi connectivity index (χ2n) is 5.32. The molecule has 25 heavy (non-hydrogen) atoms.